The average Bonchev–Trinajstić information content (AvgIpc) is 2.53. The van der Waals surface area contributed by atoms with Gasteiger partial charge in [0.05, 0.1) is 10.6 Å². The molecule has 2 aromatic rings. The zero-order valence-corrected chi connectivity index (χ0v) is 12.2. The van der Waals surface area contributed by atoms with Crippen molar-refractivity contribution in [3.05, 3.63) is 54.4 Å². The first-order valence-corrected chi connectivity index (χ1v) is 7.91. The molecule has 0 aliphatic heterocycles. The first-order valence-electron chi connectivity index (χ1n) is 6.36. The minimum atomic E-state index is -4.59. The summed E-state index contributed by atoms with van der Waals surface area (Å²) in [5.74, 6) is -3.45. The van der Waals surface area contributed by atoms with E-state index >= 15 is 0 Å². The van der Waals surface area contributed by atoms with Crippen LogP contribution in [0.2, 0.25) is 0 Å². The van der Waals surface area contributed by atoms with E-state index in [1.807, 2.05) is 0 Å². The molecule has 0 aliphatic carbocycles. The molecular weight excluding hydrogens is 314 g/mol. The van der Waals surface area contributed by atoms with E-state index in [0.717, 1.165) is 12.1 Å². The second-order valence-corrected chi connectivity index (χ2v) is 6.40. The second kappa shape index (κ2) is 6.80. The Hall–Kier alpha value is -2.06. The Morgan fingerprint density at radius 3 is 2.36 bits per heavy atom. The van der Waals surface area contributed by atoms with Crippen LogP contribution in [0, 0.1) is 0 Å². The summed E-state index contributed by atoms with van der Waals surface area (Å²) in [6.45, 7) is 0.151. The Labute approximate surface area is 126 Å². The number of rotatable bonds is 6. The van der Waals surface area contributed by atoms with Gasteiger partial charge in [-0.3, -0.25) is 4.98 Å². The first-order chi connectivity index (χ1) is 10.4. The maximum Gasteiger partial charge on any atom is 0.341 e. The van der Waals surface area contributed by atoms with Gasteiger partial charge in [0.2, 0.25) is 9.84 Å². The molecule has 0 fully saturated rings. The molecule has 0 amide bonds. The smallest absolute Gasteiger partial charge is 0.341 e. The highest BCUT2D eigenvalue weighted by Crippen LogP contribution is 2.20. The highest BCUT2D eigenvalue weighted by atomic mass is 32.2. The minimum absolute atomic E-state index is 0.151. The van der Waals surface area contributed by atoms with Gasteiger partial charge in [-0.15, -0.1) is 0 Å². The highest BCUT2D eigenvalue weighted by molar-refractivity contribution is 7.91. The van der Waals surface area contributed by atoms with E-state index in [2.05, 4.69) is 10.3 Å². The zero-order valence-electron chi connectivity index (χ0n) is 11.4. The number of nitrogens with one attached hydrogen (secondary N) is 1. The van der Waals surface area contributed by atoms with Gasteiger partial charge >= 0.3 is 5.76 Å². The molecule has 1 heterocycles. The van der Waals surface area contributed by atoms with Crippen LogP contribution in [0.5, 0.6) is 0 Å². The van der Waals surface area contributed by atoms with E-state index in [4.69, 9.17) is 0 Å². The summed E-state index contributed by atoms with van der Waals surface area (Å²) in [6, 6.07) is 10.1. The van der Waals surface area contributed by atoms with Crippen molar-refractivity contribution in [2.45, 2.75) is 16.8 Å². The summed E-state index contributed by atoms with van der Waals surface area (Å²) < 4.78 is 47.3. The SMILES string of the molecule is O=S(=O)(c1ccc(NC[C@@H](O)c2ccccn2)cc1)C(F)F. The highest BCUT2D eigenvalue weighted by Gasteiger charge is 2.26. The maximum atomic E-state index is 12.4. The van der Waals surface area contributed by atoms with Gasteiger partial charge in [-0.05, 0) is 36.4 Å². The van der Waals surface area contributed by atoms with E-state index in [-0.39, 0.29) is 6.54 Å². The van der Waals surface area contributed by atoms with Gasteiger partial charge in [0, 0.05) is 18.4 Å². The third-order valence-electron chi connectivity index (χ3n) is 2.95. The fraction of sp³-hybridized carbons (Fsp3) is 0.214. The van der Waals surface area contributed by atoms with Gasteiger partial charge in [-0.25, -0.2) is 8.42 Å². The molecule has 1 aromatic carbocycles. The molecule has 1 atom stereocenters. The number of nitrogens with zero attached hydrogens (tertiary/aromatic N) is 1. The number of hydrogen-bond acceptors (Lipinski definition) is 5. The molecule has 0 aliphatic rings. The van der Waals surface area contributed by atoms with Crippen molar-refractivity contribution in [1.29, 1.82) is 0 Å². The average molecular weight is 328 g/mol. The molecule has 5 nitrogen and oxygen atoms in total. The molecule has 0 saturated carbocycles. The van der Waals surface area contributed by atoms with Crippen molar-refractivity contribution < 1.29 is 22.3 Å². The van der Waals surface area contributed by atoms with Crippen LogP contribution in [-0.2, 0) is 9.84 Å². The van der Waals surface area contributed by atoms with Gasteiger partial charge in [-0.2, -0.15) is 8.78 Å². The van der Waals surface area contributed by atoms with Gasteiger partial charge in [0.1, 0.15) is 6.10 Å². The van der Waals surface area contributed by atoms with Gasteiger partial charge < -0.3 is 10.4 Å². The van der Waals surface area contributed by atoms with Crippen molar-refractivity contribution in [1.82, 2.24) is 4.98 Å². The fourth-order valence-electron chi connectivity index (χ4n) is 1.76. The standard InChI is InChI=1S/C14H14F2N2O3S/c15-14(16)22(20,21)11-6-4-10(5-7-11)18-9-13(19)12-3-1-2-8-17-12/h1-8,13-14,18-19H,9H2/t13-/m1/s1. The number of hydrogen-bond donors (Lipinski definition) is 2. The number of aliphatic hydroxyl groups excluding tert-OH is 1. The number of anilines is 1. The lowest BCUT2D eigenvalue weighted by Crippen LogP contribution is -2.14. The van der Waals surface area contributed by atoms with Crippen molar-refractivity contribution in [3.8, 4) is 0 Å². The number of pyridine rings is 1. The van der Waals surface area contributed by atoms with Gasteiger partial charge in [0.25, 0.3) is 0 Å². The Kier molecular flexibility index (Phi) is 5.04. The molecule has 2 rings (SSSR count). The molecule has 1 aromatic heterocycles. The predicted octanol–water partition coefficient (Wildman–Crippen LogP) is 2.22. The summed E-state index contributed by atoms with van der Waals surface area (Å²) in [5.41, 5.74) is 0.995. The van der Waals surface area contributed by atoms with Gasteiger partial charge in [0.15, 0.2) is 0 Å². The van der Waals surface area contributed by atoms with Crippen LogP contribution in [0.3, 0.4) is 0 Å². The second-order valence-electron chi connectivity index (χ2n) is 4.48. The van der Waals surface area contributed by atoms with Crippen LogP contribution < -0.4 is 5.32 Å². The Morgan fingerprint density at radius 2 is 1.82 bits per heavy atom. The number of halogens is 2. The topological polar surface area (TPSA) is 79.3 Å². The van der Waals surface area contributed by atoms with E-state index in [1.165, 1.54) is 12.1 Å². The first kappa shape index (κ1) is 16.3. The molecule has 0 spiro atoms. The largest absolute Gasteiger partial charge is 0.385 e. The number of alkyl halides is 2. The lowest BCUT2D eigenvalue weighted by atomic mass is 10.2. The molecule has 0 saturated heterocycles. The molecule has 0 unspecified atom stereocenters. The van der Waals surface area contributed by atoms with E-state index in [0.29, 0.717) is 11.4 Å². The minimum Gasteiger partial charge on any atom is -0.385 e. The van der Waals surface area contributed by atoms with Crippen LogP contribution in [0.15, 0.2) is 53.6 Å². The van der Waals surface area contributed by atoms with E-state index in [1.54, 1.807) is 24.4 Å². The van der Waals surface area contributed by atoms with E-state index < -0.39 is 26.6 Å². The predicted molar refractivity (Wildman–Crippen MR) is 77.3 cm³/mol. The fourth-order valence-corrected chi connectivity index (χ4v) is 2.48. The van der Waals surface area contributed by atoms with Crippen molar-refractivity contribution in [2.75, 3.05) is 11.9 Å². The van der Waals surface area contributed by atoms with Crippen molar-refractivity contribution in [3.63, 3.8) is 0 Å². The van der Waals surface area contributed by atoms with E-state index in [9.17, 15) is 22.3 Å². The zero-order chi connectivity index (χ0) is 16.2. The summed E-state index contributed by atoms with van der Waals surface area (Å²) in [6.07, 6.45) is 0.716. The molecule has 0 bridgehead atoms. The number of aliphatic hydroxyl groups is 1. The maximum absolute atomic E-state index is 12.4. The van der Waals surface area contributed by atoms with Crippen LogP contribution in [-0.4, -0.2) is 30.8 Å². The summed E-state index contributed by atoms with van der Waals surface area (Å²) in [4.78, 5) is 3.56. The number of benzene rings is 1. The van der Waals surface area contributed by atoms with Crippen LogP contribution >= 0.6 is 0 Å². The Morgan fingerprint density at radius 1 is 1.14 bits per heavy atom. The van der Waals surface area contributed by atoms with Crippen LogP contribution in [0.25, 0.3) is 0 Å². The number of aromatic nitrogens is 1. The lowest BCUT2D eigenvalue weighted by molar-refractivity contribution is 0.187. The molecule has 118 valence electrons. The quantitative estimate of drug-likeness (QED) is 0.850. The van der Waals surface area contributed by atoms with Crippen LogP contribution in [0.1, 0.15) is 11.8 Å². The van der Waals surface area contributed by atoms with Crippen molar-refractivity contribution >= 4 is 15.5 Å². The summed E-state index contributed by atoms with van der Waals surface area (Å²) in [7, 11) is -4.59. The summed E-state index contributed by atoms with van der Waals surface area (Å²) in [5, 5.41) is 12.8. The normalized spacial score (nSPS) is 13.1. The monoisotopic (exact) mass is 328 g/mol. The lowest BCUT2D eigenvalue weighted by Gasteiger charge is -2.12. The Bertz CT molecular complexity index is 707. The van der Waals surface area contributed by atoms with Crippen molar-refractivity contribution in [2.24, 2.45) is 0 Å². The number of sulfone groups is 1. The van der Waals surface area contributed by atoms with Gasteiger partial charge in [-0.1, -0.05) is 6.07 Å². The molecule has 8 heteroatoms. The molecular formula is C14H14F2N2O3S. The molecule has 0 radical (unpaired) electrons. The Balaban J connectivity index is 2.01. The summed E-state index contributed by atoms with van der Waals surface area (Å²) >= 11 is 0. The third kappa shape index (κ3) is 3.77. The molecule has 22 heavy (non-hydrogen) atoms. The molecule has 2 N–H and O–H groups in total. The van der Waals surface area contributed by atoms with Crippen LogP contribution in [0.4, 0.5) is 14.5 Å². The third-order valence-corrected chi connectivity index (χ3v) is 4.34.